The first kappa shape index (κ1) is 11.8. The second-order valence-electron chi connectivity index (χ2n) is 2.70. The van der Waals surface area contributed by atoms with Crippen LogP contribution in [0.5, 0.6) is 0 Å². The van der Waals surface area contributed by atoms with Crippen LogP contribution in [0.15, 0.2) is 6.07 Å². The summed E-state index contributed by atoms with van der Waals surface area (Å²) >= 11 is 2.97. The summed E-state index contributed by atoms with van der Waals surface area (Å²) in [6.45, 7) is 0. The van der Waals surface area contributed by atoms with Crippen molar-refractivity contribution in [1.82, 2.24) is 4.98 Å². The van der Waals surface area contributed by atoms with Gasteiger partial charge in [-0.25, -0.2) is 18.6 Å². The van der Waals surface area contributed by atoms with Crippen LogP contribution >= 0.6 is 15.9 Å². The van der Waals surface area contributed by atoms with Crippen molar-refractivity contribution in [1.29, 1.82) is 0 Å². The Balaban J connectivity index is 3.37. The van der Waals surface area contributed by atoms with E-state index in [1.807, 2.05) is 0 Å². The molecule has 0 aliphatic rings. The quantitative estimate of drug-likeness (QED) is 0.833. The van der Waals surface area contributed by atoms with Crippen LogP contribution in [0.25, 0.3) is 0 Å². The first-order valence-corrected chi connectivity index (χ1v) is 4.96. The number of anilines is 1. The molecular formula is C8H7BrF2N2O2. The lowest BCUT2D eigenvalue weighted by molar-refractivity contribution is 0.0696. The summed E-state index contributed by atoms with van der Waals surface area (Å²) in [7, 11) is 0. The van der Waals surface area contributed by atoms with Crippen molar-refractivity contribution in [2.24, 2.45) is 0 Å². The number of aromatic nitrogens is 1. The molecule has 0 spiro atoms. The lowest BCUT2D eigenvalue weighted by Crippen LogP contribution is -2.10. The Morgan fingerprint density at radius 2 is 2.27 bits per heavy atom. The molecular weight excluding hydrogens is 274 g/mol. The molecule has 0 aromatic carbocycles. The fourth-order valence-corrected chi connectivity index (χ4v) is 1.50. The minimum absolute atomic E-state index is 0.00204. The summed E-state index contributed by atoms with van der Waals surface area (Å²) in [6, 6.07) is 0.875. The Labute approximate surface area is 92.2 Å². The van der Waals surface area contributed by atoms with Crippen LogP contribution in [0.1, 0.15) is 28.2 Å². The molecule has 1 aromatic rings. The molecule has 1 rings (SSSR count). The van der Waals surface area contributed by atoms with Crippen LogP contribution in [0.3, 0.4) is 0 Å². The summed E-state index contributed by atoms with van der Waals surface area (Å²) in [5.41, 5.74) is 4.39. The first-order valence-electron chi connectivity index (χ1n) is 3.84. The number of pyridine rings is 1. The smallest absolute Gasteiger partial charge is 0.339 e. The molecule has 0 bridgehead atoms. The number of nitrogen functional groups attached to an aromatic ring is 1. The maximum Gasteiger partial charge on any atom is 0.339 e. The van der Waals surface area contributed by atoms with E-state index in [2.05, 4.69) is 20.9 Å². The third-order valence-corrected chi connectivity index (χ3v) is 2.24. The summed E-state index contributed by atoms with van der Waals surface area (Å²) in [4.78, 5) is 14.3. The number of carboxylic acid groups (broad SMARTS) is 1. The highest BCUT2D eigenvalue weighted by Crippen LogP contribution is 2.24. The highest BCUT2D eigenvalue weighted by atomic mass is 79.9. The second kappa shape index (κ2) is 4.52. The number of hydrogen-bond donors (Lipinski definition) is 2. The van der Waals surface area contributed by atoms with Crippen molar-refractivity contribution in [3.05, 3.63) is 23.0 Å². The number of hydrogen-bond acceptors (Lipinski definition) is 3. The number of aromatic carboxylic acids is 1. The van der Waals surface area contributed by atoms with Crippen molar-refractivity contribution >= 4 is 27.6 Å². The molecule has 0 atom stereocenters. The molecule has 7 heteroatoms. The molecule has 1 aromatic heterocycles. The third-order valence-electron chi connectivity index (χ3n) is 1.71. The Bertz CT molecular complexity index is 398. The van der Waals surface area contributed by atoms with Crippen LogP contribution in [0, 0.1) is 0 Å². The molecule has 0 radical (unpaired) electrons. The summed E-state index contributed by atoms with van der Waals surface area (Å²) < 4.78 is 24.6. The van der Waals surface area contributed by atoms with Gasteiger partial charge >= 0.3 is 5.97 Å². The van der Waals surface area contributed by atoms with Crippen molar-refractivity contribution in [3.8, 4) is 0 Å². The predicted octanol–water partition coefficient (Wildman–Crippen LogP) is 2.19. The van der Waals surface area contributed by atoms with Gasteiger partial charge in [0.1, 0.15) is 11.3 Å². The molecule has 15 heavy (non-hydrogen) atoms. The first-order chi connectivity index (χ1) is 6.97. The minimum Gasteiger partial charge on any atom is -0.478 e. The number of carbonyl (C=O) groups is 1. The molecule has 0 fully saturated rings. The highest BCUT2D eigenvalue weighted by molar-refractivity contribution is 9.08. The van der Waals surface area contributed by atoms with Gasteiger partial charge in [0.15, 0.2) is 0 Å². The number of carboxylic acids is 1. The minimum atomic E-state index is -2.77. The SMILES string of the molecule is Nc1cc(C(F)F)nc(CBr)c1C(=O)O. The van der Waals surface area contributed by atoms with Crippen LogP contribution in [-0.4, -0.2) is 16.1 Å². The Morgan fingerprint density at radius 1 is 1.67 bits per heavy atom. The Morgan fingerprint density at radius 3 is 2.67 bits per heavy atom. The maximum atomic E-state index is 12.3. The molecule has 1 heterocycles. The normalized spacial score (nSPS) is 10.7. The monoisotopic (exact) mass is 280 g/mol. The fraction of sp³-hybridized carbons (Fsp3) is 0.250. The summed E-state index contributed by atoms with van der Waals surface area (Å²) in [5, 5.41) is 8.83. The third kappa shape index (κ3) is 2.41. The molecule has 0 aliphatic carbocycles. The number of halogens is 3. The standard InChI is InChI=1S/C8H7BrF2N2O2/c9-2-5-6(8(14)15)3(12)1-4(13-5)7(10)11/h1,7H,2H2,(H2,12,13)(H,14,15). The van der Waals surface area contributed by atoms with Crippen LogP contribution in [0.4, 0.5) is 14.5 Å². The van der Waals surface area contributed by atoms with Gasteiger partial charge in [-0.1, -0.05) is 15.9 Å². The average molecular weight is 281 g/mol. The van der Waals surface area contributed by atoms with Gasteiger partial charge < -0.3 is 10.8 Å². The topological polar surface area (TPSA) is 76.2 Å². The zero-order valence-corrected chi connectivity index (χ0v) is 8.96. The largest absolute Gasteiger partial charge is 0.478 e. The van der Waals surface area contributed by atoms with E-state index < -0.39 is 18.1 Å². The molecule has 0 saturated carbocycles. The predicted molar refractivity (Wildman–Crippen MR) is 53.2 cm³/mol. The van der Waals surface area contributed by atoms with Gasteiger partial charge in [0.2, 0.25) is 0 Å². The van der Waals surface area contributed by atoms with Gasteiger partial charge in [0.05, 0.1) is 11.4 Å². The van der Waals surface area contributed by atoms with Crippen molar-refractivity contribution in [3.63, 3.8) is 0 Å². The number of rotatable bonds is 3. The number of nitrogens with zero attached hydrogens (tertiary/aromatic N) is 1. The van der Waals surface area contributed by atoms with Crippen LogP contribution < -0.4 is 5.73 Å². The lowest BCUT2D eigenvalue weighted by atomic mass is 10.1. The molecule has 3 N–H and O–H groups in total. The molecule has 0 saturated heterocycles. The molecule has 82 valence electrons. The van der Waals surface area contributed by atoms with E-state index in [0.717, 1.165) is 6.07 Å². The average Bonchev–Trinajstić information content (AvgIpc) is 2.15. The molecule has 0 unspecified atom stereocenters. The number of alkyl halides is 3. The van der Waals surface area contributed by atoms with Crippen molar-refractivity contribution < 1.29 is 18.7 Å². The van der Waals surface area contributed by atoms with E-state index in [4.69, 9.17) is 10.8 Å². The van der Waals surface area contributed by atoms with E-state index >= 15 is 0 Å². The van der Waals surface area contributed by atoms with Crippen LogP contribution in [-0.2, 0) is 5.33 Å². The van der Waals surface area contributed by atoms with Crippen molar-refractivity contribution in [2.75, 3.05) is 5.73 Å². The van der Waals surface area contributed by atoms with E-state index in [1.165, 1.54) is 0 Å². The molecule has 4 nitrogen and oxygen atoms in total. The van der Waals surface area contributed by atoms with Gasteiger partial charge in [0.25, 0.3) is 6.43 Å². The number of nitrogens with two attached hydrogens (primary N) is 1. The van der Waals surface area contributed by atoms with Crippen molar-refractivity contribution in [2.45, 2.75) is 11.8 Å². The molecule has 0 amide bonds. The summed E-state index contributed by atoms with van der Waals surface area (Å²) in [5.74, 6) is -1.28. The van der Waals surface area contributed by atoms with Crippen LogP contribution in [0.2, 0.25) is 0 Å². The van der Waals surface area contributed by atoms with Gasteiger partial charge in [-0.2, -0.15) is 0 Å². The Kier molecular flexibility index (Phi) is 3.57. The zero-order chi connectivity index (χ0) is 11.6. The Hall–Kier alpha value is -1.24. The van der Waals surface area contributed by atoms with Gasteiger partial charge in [0, 0.05) is 5.33 Å². The zero-order valence-electron chi connectivity index (χ0n) is 7.38. The van der Waals surface area contributed by atoms with E-state index in [1.54, 1.807) is 0 Å². The van der Waals surface area contributed by atoms with E-state index in [0.29, 0.717) is 0 Å². The highest BCUT2D eigenvalue weighted by Gasteiger charge is 2.19. The fourth-order valence-electron chi connectivity index (χ4n) is 1.10. The van der Waals surface area contributed by atoms with Gasteiger partial charge in [-0.3, -0.25) is 0 Å². The van der Waals surface area contributed by atoms with E-state index in [9.17, 15) is 13.6 Å². The summed E-state index contributed by atoms with van der Waals surface area (Å²) in [6.07, 6.45) is -2.77. The molecule has 0 aliphatic heterocycles. The van der Waals surface area contributed by atoms with E-state index in [-0.39, 0.29) is 22.3 Å². The second-order valence-corrected chi connectivity index (χ2v) is 3.26. The lowest BCUT2D eigenvalue weighted by Gasteiger charge is -2.08. The van der Waals surface area contributed by atoms with Gasteiger partial charge in [-0.15, -0.1) is 0 Å². The van der Waals surface area contributed by atoms with Gasteiger partial charge in [-0.05, 0) is 6.07 Å². The maximum absolute atomic E-state index is 12.3.